The van der Waals surface area contributed by atoms with Crippen LogP contribution in [-0.4, -0.2) is 35.8 Å². The summed E-state index contributed by atoms with van der Waals surface area (Å²) < 4.78 is 11.5. The van der Waals surface area contributed by atoms with Gasteiger partial charge in [0.05, 0.1) is 12.7 Å². The number of benzene rings is 2. The first-order chi connectivity index (χ1) is 14.4. The molecule has 1 saturated heterocycles. The number of rotatable bonds is 7. The van der Waals surface area contributed by atoms with Crippen LogP contribution in [-0.2, 0) is 22.6 Å². The number of ether oxygens (including phenoxy) is 2. The van der Waals surface area contributed by atoms with Crippen LogP contribution in [0.1, 0.15) is 44.7 Å². The van der Waals surface area contributed by atoms with Crippen molar-refractivity contribution in [3.63, 3.8) is 0 Å². The third-order valence-corrected chi connectivity index (χ3v) is 4.90. The van der Waals surface area contributed by atoms with Gasteiger partial charge in [-0.05, 0) is 56.9 Å². The molecular weight excluding hydrogens is 378 g/mol. The molecule has 0 aliphatic carbocycles. The summed E-state index contributed by atoms with van der Waals surface area (Å²) in [7, 11) is 0. The minimum atomic E-state index is -0.455. The molecule has 0 aromatic heterocycles. The Morgan fingerprint density at radius 3 is 2.27 bits per heavy atom. The van der Waals surface area contributed by atoms with Crippen LogP contribution in [0.3, 0.4) is 0 Å². The average Bonchev–Trinajstić information content (AvgIpc) is 2.73. The predicted molar refractivity (Wildman–Crippen MR) is 119 cm³/mol. The lowest BCUT2D eigenvalue weighted by Gasteiger charge is -2.33. The molecule has 0 radical (unpaired) electrons. The van der Waals surface area contributed by atoms with Gasteiger partial charge in [-0.3, -0.25) is 0 Å². The molecule has 2 N–H and O–H groups in total. The molecule has 1 fully saturated rings. The zero-order valence-corrected chi connectivity index (χ0v) is 18.2. The Hall–Kier alpha value is -2.57. The molecule has 30 heavy (non-hydrogen) atoms. The van der Waals surface area contributed by atoms with Crippen LogP contribution in [0.2, 0.25) is 0 Å². The lowest BCUT2D eigenvalue weighted by molar-refractivity contribution is -0.0170. The van der Waals surface area contributed by atoms with Crippen molar-refractivity contribution in [2.24, 2.45) is 0 Å². The van der Waals surface area contributed by atoms with Gasteiger partial charge >= 0.3 is 6.09 Å². The zero-order chi connectivity index (χ0) is 21.4. The molecule has 0 spiro atoms. The highest BCUT2D eigenvalue weighted by Crippen LogP contribution is 2.18. The number of hydrazine groups is 1. The number of piperidine rings is 1. The number of likely N-dealkylation sites (tertiary alicyclic amines) is 1. The smallest absolute Gasteiger partial charge is 0.410 e. The highest BCUT2D eigenvalue weighted by molar-refractivity contribution is 5.68. The summed E-state index contributed by atoms with van der Waals surface area (Å²) in [6.07, 6.45) is 1.63. The van der Waals surface area contributed by atoms with Crippen molar-refractivity contribution >= 4 is 11.8 Å². The summed E-state index contributed by atoms with van der Waals surface area (Å²) in [6, 6.07) is 18.5. The van der Waals surface area contributed by atoms with Crippen molar-refractivity contribution in [1.82, 2.24) is 10.3 Å². The Morgan fingerprint density at radius 2 is 1.63 bits per heavy atom. The molecule has 6 nitrogen and oxygen atoms in total. The Bertz CT molecular complexity index is 780. The van der Waals surface area contributed by atoms with Crippen LogP contribution in [0.25, 0.3) is 0 Å². The second kappa shape index (κ2) is 10.5. The minimum Gasteiger partial charge on any atom is -0.444 e. The molecule has 6 heteroatoms. The number of nitrogens with zero attached hydrogens (tertiary/aromatic N) is 1. The van der Waals surface area contributed by atoms with Crippen molar-refractivity contribution in [2.75, 3.05) is 18.5 Å². The fourth-order valence-electron chi connectivity index (χ4n) is 3.27. The third kappa shape index (κ3) is 7.35. The van der Waals surface area contributed by atoms with E-state index in [1.165, 1.54) is 5.56 Å². The van der Waals surface area contributed by atoms with E-state index in [1.54, 1.807) is 4.90 Å². The number of amides is 1. The Morgan fingerprint density at radius 1 is 1.00 bits per heavy atom. The Labute approximate surface area is 179 Å². The van der Waals surface area contributed by atoms with E-state index < -0.39 is 5.60 Å². The Balaban J connectivity index is 1.35. The summed E-state index contributed by atoms with van der Waals surface area (Å²) in [5, 5.41) is 0. The average molecular weight is 412 g/mol. The molecule has 3 rings (SSSR count). The fourth-order valence-corrected chi connectivity index (χ4v) is 3.27. The first kappa shape index (κ1) is 22.1. The van der Waals surface area contributed by atoms with Gasteiger partial charge in [0.25, 0.3) is 0 Å². The van der Waals surface area contributed by atoms with E-state index in [9.17, 15) is 4.79 Å². The zero-order valence-electron chi connectivity index (χ0n) is 18.2. The number of carbonyl (C=O) groups excluding carboxylic acids is 1. The van der Waals surface area contributed by atoms with E-state index in [4.69, 9.17) is 9.47 Å². The van der Waals surface area contributed by atoms with Gasteiger partial charge in [0.2, 0.25) is 0 Å². The highest BCUT2D eigenvalue weighted by atomic mass is 16.6. The standard InChI is InChI=1S/C24H33N3O3/c1-24(2,3)30-23(28)27-15-13-22(14-16-27)29-18-20-11-9-19(10-12-20)17-25-26-21-7-5-4-6-8-21/h4-12,22,25-26H,13-18H2,1-3H3. The molecule has 0 saturated carbocycles. The SMILES string of the molecule is CC(C)(C)OC(=O)N1CCC(OCc2ccc(CNNc3ccccc3)cc2)CC1. The number of anilines is 1. The van der Waals surface area contributed by atoms with Gasteiger partial charge in [-0.15, -0.1) is 0 Å². The van der Waals surface area contributed by atoms with Crippen LogP contribution in [0, 0.1) is 0 Å². The van der Waals surface area contributed by atoms with Crippen molar-refractivity contribution in [1.29, 1.82) is 0 Å². The molecule has 1 aliphatic heterocycles. The lowest BCUT2D eigenvalue weighted by atomic mass is 10.1. The maximum atomic E-state index is 12.1. The van der Waals surface area contributed by atoms with Gasteiger partial charge in [-0.25, -0.2) is 10.2 Å². The largest absolute Gasteiger partial charge is 0.444 e. The second-order valence-corrected chi connectivity index (χ2v) is 8.64. The van der Waals surface area contributed by atoms with E-state index in [-0.39, 0.29) is 12.2 Å². The molecule has 1 aliphatic rings. The van der Waals surface area contributed by atoms with E-state index in [2.05, 4.69) is 35.1 Å². The van der Waals surface area contributed by atoms with Crippen molar-refractivity contribution in [3.05, 3.63) is 65.7 Å². The maximum Gasteiger partial charge on any atom is 0.410 e. The van der Waals surface area contributed by atoms with E-state index in [0.717, 1.165) is 30.6 Å². The second-order valence-electron chi connectivity index (χ2n) is 8.64. The maximum absolute atomic E-state index is 12.1. The van der Waals surface area contributed by atoms with E-state index in [0.29, 0.717) is 19.7 Å². The van der Waals surface area contributed by atoms with Crippen LogP contribution in [0.4, 0.5) is 10.5 Å². The predicted octanol–water partition coefficient (Wildman–Crippen LogP) is 4.72. The molecule has 0 bridgehead atoms. The molecule has 2 aromatic carbocycles. The lowest BCUT2D eigenvalue weighted by Crippen LogP contribution is -2.43. The van der Waals surface area contributed by atoms with E-state index in [1.807, 2.05) is 51.1 Å². The summed E-state index contributed by atoms with van der Waals surface area (Å²) in [4.78, 5) is 13.9. The summed E-state index contributed by atoms with van der Waals surface area (Å²) in [5.41, 5.74) is 9.36. The number of nitrogens with one attached hydrogen (secondary N) is 2. The fraction of sp³-hybridized carbons (Fsp3) is 0.458. The van der Waals surface area contributed by atoms with Crippen molar-refractivity contribution in [3.8, 4) is 0 Å². The first-order valence-electron chi connectivity index (χ1n) is 10.6. The molecular formula is C24H33N3O3. The number of hydrogen-bond donors (Lipinski definition) is 2. The summed E-state index contributed by atoms with van der Waals surface area (Å²) in [5.74, 6) is 0. The summed E-state index contributed by atoms with van der Waals surface area (Å²) >= 11 is 0. The molecule has 0 atom stereocenters. The summed E-state index contributed by atoms with van der Waals surface area (Å²) in [6.45, 7) is 8.36. The van der Waals surface area contributed by atoms with Crippen LogP contribution in [0.15, 0.2) is 54.6 Å². The van der Waals surface area contributed by atoms with Gasteiger partial charge in [0.15, 0.2) is 0 Å². The minimum absolute atomic E-state index is 0.181. The van der Waals surface area contributed by atoms with Gasteiger partial charge < -0.3 is 19.8 Å². The molecule has 2 aromatic rings. The molecule has 162 valence electrons. The van der Waals surface area contributed by atoms with Crippen LogP contribution < -0.4 is 10.9 Å². The molecule has 1 heterocycles. The molecule has 0 unspecified atom stereocenters. The quantitative estimate of drug-likeness (QED) is 0.646. The third-order valence-electron chi connectivity index (χ3n) is 4.90. The first-order valence-corrected chi connectivity index (χ1v) is 10.6. The van der Waals surface area contributed by atoms with Gasteiger partial charge in [-0.1, -0.05) is 42.5 Å². The van der Waals surface area contributed by atoms with Gasteiger partial charge in [-0.2, -0.15) is 0 Å². The number of para-hydroxylation sites is 1. The van der Waals surface area contributed by atoms with Crippen LogP contribution in [0.5, 0.6) is 0 Å². The van der Waals surface area contributed by atoms with Gasteiger partial charge in [0.1, 0.15) is 5.60 Å². The van der Waals surface area contributed by atoms with Crippen molar-refractivity contribution < 1.29 is 14.3 Å². The number of hydrogen-bond acceptors (Lipinski definition) is 5. The van der Waals surface area contributed by atoms with Crippen LogP contribution >= 0.6 is 0 Å². The molecule has 1 amide bonds. The van der Waals surface area contributed by atoms with Crippen molar-refractivity contribution in [2.45, 2.75) is 58.5 Å². The highest BCUT2D eigenvalue weighted by Gasteiger charge is 2.27. The Kier molecular flexibility index (Phi) is 7.71. The topological polar surface area (TPSA) is 62.8 Å². The number of carbonyl (C=O) groups is 1. The van der Waals surface area contributed by atoms with E-state index >= 15 is 0 Å². The normalized spacial score (nSPS) is 15.1. The van der Waals surface area contributed by atoms with Gasteiger partial charge in [0, 0.05) is 25.3 Å². The monoisotopic (exact) mass is 411 g/mol.